The molecule has 0 aliphatic rings. The van der Waals surface area contributed by atoms with Gasteiger partial charge in [0.25, 0.3) is 0 Å². The van der Waals surface area contributed by atoms with Gasteiger partial charge in [0.2, 0.25) is 0 Å². The van der Waals surface area contributed by atoms with Gasteiger partial charge in [0.15, 0.2) is 11.1 Å². The van der Waals surface area contributed by atoms with Crippen LogP contribution in [0.1, 0.15) is 12.1 Å². The Morgan fingerprint density at radius 3 is 2.85 bits per heavy atom. The van der Waals surface area contributed by atoms with Crippen molar-refractivity contribution in [3.05, 3.63) is 47.6 Å². The number of aryl methyl sites for hydroxylation is 1. The van der Waals surface area contributed by atoms with Gasteiger partial charge in [-0.2, -0.15) is 0 Å². The van der Waals surface area contributed by atoms with Gasteiger partial charge in [-0.05, 0) is 23.9 Å². The lowest BCUT2D eigenvalue weighted by Crippen LogP contribution is -2.37. The van der Waals surface area contributed by atoms with Gasteiger partial charge in [-0.3, -0.25) is 4.99 Å². The molecule has 2 heterocycles. The molecule has 138 valence electrons. The van der Waals surface area contributed by atoms with E-state index in [1.165, 1.54) is 10.9 Å². The van der Waals surface area contributed by atoms with Gasteiger partial charge < -0.3 is 20.1 Å². The number of fused-ring (bicyclic) bond motifs is 1. The van der Waals surface area contributed by atoms with E-state index in [-0.39, 0.29) is 0 Å². The van der Waals surface area contributed by atoms with Crippen molar-refractivity contribution in [2.45, 2.75) is 19.5 Å². The normalized spacial score (nSPS) is 11.7. The van der Waals surface area contributed by atoms with E-state index in [9.17, 15) is 0 Å². The number of anilines is 1. The molecule has 0 aliphatic carbocycles. The number of hydrogen-bond donors (Lipinski definition) is 2. The van der Waals surface area contributed by atoms with E-state index >= 15 is 0 Å². The molecule has 0 atom stereocenters. The van der Waals surface area contributed by atoms with E-state index in [1.807, 2.05) is 19.0 Å². The van der Waals surface area contributed by atoms with Crippen LogP contribution in [0.25, 0.3) is 10.9 Å². The molecule has 1 aromatic carbocycles. The number of para-hydroxylation sites is 1. The second kappa shape index (κ2) is 8.71. The van der Waals surface area contributed by atoms with Gasteiger partial charge >= 0.3 is 0 Å². The second-order valence-corrected chi connectivity index (χ2v) is 7.13. The molecule has 2 aromatic heterocycles. The van der Waals surface area contributed by atoms with Gasteiger partial charge in [0.1, 0.15) is 0 Å². The molecule has 7 heteroatoms. The predicted octanol–water partition coefficient (Wildman–Crippen LogP) is 2.92. The van der Waals surface area contributed by atoms with Crippen molar-refractivity contribution < 1.29 is 0 Å². The summed E-state index contributed by atoms with van der Waals surface area (Å²) in [4.78, 5) is 10.9. The van der Waals surface area contributed by atoms with Crippen LogP contribution in [0.2, 0.25) is 0 Å². The van der Waals surface area contributed by atoms with Crippen LogP contribution in [-0.2, 0) is 13.1 Å². The largest absolute Gasteiger partial charge is 0.356 e. The fourth-order valence-corrected chi connectivity index (χ4v) is 3.53. The Hall–Kier alpha value is -2.54. The molecule has 3 aromatic rings. The minimum atomic E-state index is 0.673. The lowest BCUT2D eigenvalue weighted by Gasteiger charge is -2.12. The number of guanidine groups is 1. The fourth-order valence-electron chi connectivity index (χ4n) is 2.77. The molecule has 0 radical (unpaired) electrons. The number of thiazole rings is 1. The minimum Gasteiger partial charge on any atom is -0.356 e. The lowest BCUT2D eigenvalue weighted by molar-refractivity contribution is 0.640. The lowest BCUT2D eigenvalue weighted by atomic mass is 10.2. The minimum absolute atomic E-state index is 0.673. The van der Waals surface area contributed by atoms with Crippen molar-refractivity contribution in [3.63, 3.8) is 0 Å². The topological polar surface area (TPSA) is 57.5 Å². The van der Waals surface area contributed by atoms with Crippen molar-refractivity contribution in [1.29, 1.82) is 0 Å². The van der Waals surface area contributed by atoms with Crippen molar-refractivity contribution >= 4 is 33.3 Å². The molecule has 0 aliphatic heterocycles. The van der Waals surface area contributed by atoms with Crippen LogP contribution < -0.4 is 15.5 Å². The van der Waals surface area contributed by atoms with E-state index in [4.69, 9.17) is 0 Å². The van der Waals surface area contributed by atoms with Crippen LogP contribution in [0.4, 0.5) is 5.13 Å². The zero-order valence-corrected chi connectivity index (χ0v) is 16.4. The first kappa shape index (κ1) is 18.3. The van der Waals surface area contributed by atoms with E-state index in [2.05, 4.69) is 67.1 Å². The van der Waals surface area contributed by atoms with Crippen LogP contribution in [0.3, 0.4) is 0 Å². The first-order valence-corrected chi connectivity index (χ1v) is 9.65. The van der Waals surface area contributed by atoms with E-state index < -0.39 is 0 Å². The highest BCUT2D eigenvalue weighted by molar-refractivity contribution is 7.13. The highest BCUT2D eigenvalue weighted by Crippen LogP contribution is 2.17. The third kappa shape index (κ3) is 4.54. The number of rotatable bonds is 7. The molecule has 0 unspecified atom stereocenters. The maximum absolute atomic E-state index is 4.57. The van der Waals surface area contributed by atoms with Gasteiger partial charge in [-0.25, -0.2) is 4.98 Å². The molecule has 0 fully saturated rings. The zero-order chi connectivity index (χ0) is 18.4. The highest BCUT2D eigenvalue weighted by Gasteiger charge is 2.05. The standard InChI is InChI=1S/C19H26N6S/c1-20-18(22-13-16-14-26-19(23-16)24(2)3)21-10-6-11-25-12-9-15-7-4-5-8-17(15)25/h4-5,7-9,12,14H,6,10-11,13H2,1-3H3,(H2,20,21,22). The van der Waals surface area contributed by atoms with E-state index in [0.717, 1.165) is 36.3 Å². The summed E-state index contributed by atoms with van der Waals surface area (Å²) in [6, 6.07) is 10.6. The van der Waals surface area contributed by atoms with Gasteiger partial charge in [0.05, 0.1) is 12.2 Å². The third-order valence-corrected chi connectivity index (χ3v) is 5.19. The van der Waals surface area contributed by atoms with Crippen LogP contribution in [0, 0.1) is 0 Å². The molecule has 2 N–H and O–H groups in total. The highest BCUT2D eigenvalue weighted by atomic mass is 32.1. The zero-order valence-electron chi connectivity index (χ0n) is 15.6. The maximum Gasteiger partial charge on any atom is 0.191 e. The smallest absolute Gasteiger partial charge is 0.191 e. The Kier molecular flexibility index (Phi) is 6.12. The number of nitrogens with zero attached hydrogens (tertiary/aromatic N) is 4. The number of nitrogens with one attached hydrogen (secondary N) is 2. The molecule has 0 saturated carbocycles. The SMILES string of the molecule is CN=C(NCCCn1ccc2ccccc21)NCc1csc(N(C)C)n1. The molecule has 0 bridgehead atoms. The molecule has 6 nitrogen and oxygen atoms in total. The summed E-state index contributed by atoms with van der Waals surface area (Å²) in [7, 11) is 5.80. The van der Waals surface area contributed by atoms with Crippen LogP contribution in [0.5, 0.6) is 0 Å². The van der Waals surface area contributed by atoms with Gasteiger partial charge in [-0.15, -0.1) is 11.3 Å². The van der Waals surface area contributed by atoms with Crippen LogP contribution in [0.15, 0.2) is 46.9 Å². The van der Waals surface area contributed by atoms with E-state index in [0.29, 0.717) is 6.54 Å². The summed E-state index contributed by atoms with van der Waals surface area (Å²) < 4.78 is 2.30. The van der Waals surface area contributed by atoms with Crippen molar-refractivity contribution in [2.24, 2.45) is 4.99 Å². The summed E-state index contributed by atoms with van der Waals surface area (Å²) in [5.74, 6) is 0.807. The maximum atomic E-state index is 4.57. The average molecular weight is 371 g/mol. The molecule has 0 spiro atoms. The molecule has 0 saturated heterocycles. The average Bonchev–Trinajstić information content (AvgIpc) is 3.28. The number of aromatic nitrogens is 2. The number of aliphatic imine (C=N–C) groups is 1. The van der Waals surface area contributed by atoms with Crippen LogP contribution >= 0.6 is 11.3 Å². The van der Waals surface area contributed by atoms with Crippen molar-refractivity contribution in [3.8, 4) is 0 Å². The Morgan fingerprint density at radius 1 is 1.23 bits per heavy atom. The summed E-state index contributed by atoms with van der Waals surface area (Å²) >= 11 is 1.65. The van der Waals surface area contributed by atoms with Gasteiger partial charge in [0, 0.05) is 51.3 Å². The quantitative estimate of drug-likeness (QED) is 0.381. The molecular formula is C19H26N6S. The van der Waals surface area contributed by atoms with Gasteiger partial charge in [-0.1, -0.05) is 18.2 Å². The third-order valence-electron chi connectivity index (χ3n) is 4.13. The summed E-state index contributed by atoms with van der Waals surface area (Å²) in [5.41, 5.74) is 2.32. The van der Waals surface area contributed by atoms with E-state index in [1.54, 1.807) is 18.4 Å². The monoisotopic (exact) mass is 370 g/mol. The van der Waals surface area contributed by atoms with Crippen LogP contribution in [-0.4, -0.2) is 43.2 Å². The predicted molar refractivity (Wildman–Crippen MR) is 111 cm³/mol. The first-order chi connectivity index (χ1) is 12.7. The Balaban J connectivity index is 1.42. The molecule has 26 heavy (non-hydrogen) atoms. The first-order valence-electron chi connectivity index (χ1n) is 8.77. The molecule has 3 rings (SSSR count). The van der Waals surface area contributed by atoms with Crippen molar-refractivity contribution in [1.82, 2.24) is 20.2 Å². The second-order valence-electron chi connectivity index (χ2n) is 6.29. The fraction of sp³-hybridized carbons (Fsp3) is 0.368. The van der Waals surface area contributed by atoms with Crippen molar-refractivity contribution in [2.75, 3.05) is 32.6 Å². The Bertz CT molecular complexity index is 864. The number of hydrogen-bond acceptors (Lipinski definition) is 4. The number of benzene rings is 1. The Morgan fingerprint density at radius 2 is 2.08 bits per heavy atom. The summed E-state index contributed by atoms with van der Waals surface area (Å²) in [5, 5.41) is 11.1. The molecule has 0 amide bonds. The Labute approximate surface area is 158 Å². The summed E-state index contributed by atoms with van der Waals surface area (Å²) in [6.07, 6.45) is 3.18. The molecular weight excluding hydrogens is 344 g/mol. The summed E-state index contributed by atoms with van der Waals surface area (Å²) in [6.45, 7) is 2.52.